The van der Waals surface area contributed by atoms with Crippen LogP contribution in [0.2, 0.25) is 0 Å². The van der Waals surface area contributed by atoms with E-state index in [1.807, 2.05) is 0 Å². The van der Waals surface area contributed by atoms with E-state index < -0.39 is 0 Å². The van der Waals surface area contributed by atoms with Gasteiger partial charge in [0.15, 0.2) is 11.3 Å². The molecule has 0 atom stereocenters. The first-order valence-electron chi connectivity index (χ1n) is 4.27. The lowest BCUT2D eigenvalue weighted by atomic mass is 10.3. The van der Waals surface area contributed by atoms with Gasteiger partial charge in [-0.1, -0.05) is 0 Å². The van der Waals surface area contributed by atoms with Crippen molar-refractivity contribution in [2.75, 3.05) is 14.2 Å². The quantitative estimate of drug-likeness (QED) is 0.748. The summed E-state index contributed by atoms with van der Waals surface area (Å²) in [5.74, 6) is 1.35. The summed E-state index contributed by atoms with van der Waals surface area (Å²) in [6.45, 7) is 0. The minimum Gasteiger partial charge on any atom is -0.495 e. The highest BCUT2D eigenvalue weighted by atomic mass is 32.1. The van der Waals surface area contributed by atoms with Crippen molar-refractivity contribution in [3.05, 3.63) is 17.1 Å². The molecule has 0 radical (unpaired) electrons. The van der Waals surface area contributed by atoms with Gasteiger partial charge < -0.3 is 9.47 Å². The van der Waals surface area contributed by atoms with Crippen LogP contribution in [0.4, 0.5) is 0 Å². The minimum atomic E-state index is 0.424. The minimum absolute atomic E-state index is 0.424. The Balaban J connectivity index is 2.77. The Morgan fingerprint density at radius 3 is 2.53 bits per heavy atom. The van der Waals surface area contributed by atoms with Crippen molar-refractivity contribution >= 4 is 27.8 Å². The number of carbonyl (C=O) groups is 1. The molecule has 0 saturated heterocycles. The molecule has 2 aromatic rings. The molecule has 15 heavy (non-hydrogen) atoms. The topological polar surface area (TPSA) is 48.4 Å². The molecule has 0 fully saturated rings. The second kappa shape index (κ2) is 3.86. The third-order valence-corrected chi connectivity index (χ3v) is 3.02. The zero-order valence-electron chi connectivity index (χ0n) is 8.31. The molecule has 2 rings (SSSR count). The Labute approximate surface area is 90.5 Å². The van der Waals surface area contributed by atoms with Crippen LogP contribution < -0.4 is 9.47 Å². The van der Waals surface area contributed by atoms with Crippen LogP contribution in [0.5, 0.6) is 11.5 Å². The smallest absolute Gasteiger partial charge is 0.178 e. The molecule has 1 aromatic carbocycles. The van der Waals surface area contributed by atoms with E-state index in [-0.39, 0.29) is 0 Å². The number of rotatable bonds is 3. The number of aromatic nitrogens is 1. The molecule has 1 aromatic heterocycles. The number of benzene rings is 1. The summed E-state index contributed by atoms with van der Waals surface area (Å²) in [4.78, 5) is 14.8. The van der Waals surface area contributed by atoms with Crippen LogP contribution in [0.1, 0.15) is 9.80 Å². The maximum Gasteiger partial charge on any atom is 0.178 e. The van der Waals surface area contributed by atoms with Gasteiger partial charge in [0, 0.05) is 0 Å². The summed E-state index contributed by atoms with van der Waals surface area (Å²) in [5, 5.41) is 0.424. The van der Waals surface area contributed by atoms with Gasteiger partial charge in [-0.05, 0) is 12.1 Å². The molecule has 0 unspecified atom stereocenters. The third-order valence-electron chi connectivity index (χ3n) is 2.03. The van der Waals surface area contributed by atoms with Gasteiger partial charge in [-0.15, -0.1) is 11.3 Å². The lowest BCUT2D eigenvalue weighted by molar-refractivity contribution is 0.112. The number of aldehydes is 1. The van der Waals surface area contributed by atoms with Crippen molar-refractivity contribution in [3.63, 3.8) is 0 Å². The molecule has 78 valence electrons. The van der Waals surface area contributed by atoms with E-state index in [0.29, 0.717) is 22.0 Å². The normalized spacial score (nSPS) is 10.3. The number of fused-ring (bicyclic) bond motifs is 1. The summed E-state index contributed by atoms with van der Waals surface area (Å²) in [6, 6.07) is 3.57. The number of nitrogens with zero attached hydrogens (tertiary/aromatic N) is 1. The molecule has 4 nitrogen and oxygen atoms in total. The second-order valence-corrected chi connectivity index (χ2v) is 3.85. The SMILES string of the molecule is COc1ccc(OC)c2sc(C=O)nc12. The van der Waals surface area contributed by atoms with E-state index in [1.165, 1.54) is 11.3 Å². The van der Waals surface area contributed by atoms with Gasteiger partial charge >= 0.3 is 0 Å². The predicted octanol–water partition coefficient (Wildman–Crippen LogP) is 2.13. The van der Waals surface area contributed by atoms with E-state index >= 15 is 0 Å². The Kier molecular flexibility index (Phi) is 2.55. The van der Waals surface area contributed by atoms with Crippen molar-refractivity contribution in [1.82, 2.24) is 4.98 Å². The number of hydrogen-bond acceptors (Lipinski definition) is 5. The highest BCUT2D eigenvalue weighted by Crippen LogP contribution is 2.36. The average molecular weight is 223 g/mol. The van der Waals surface area contributed by atoms with Gasteiger partial charge in [0.25, 0.3) is 0 Å². The van der Waals surface area contributed by atoms with Gasteiger partial charge in [0.05, 0.1) is 14.2 Å². The van der Waals surface area contributed by atoms with Crippen molar-refractivity contribution in [1.29, 1.82) is 0 Å². The Morgan fingerprint density at radius 2 is 1.93 bits per heavy atom. The zero-order chi connectivity index (χ0) is 10.8. The lowest BCUT2D eigenvalue weighted by Gasteiger charge is -2.03. The standard InChI is InChI=1S/C10H9NO3S/c1-13-6-3-4-7(14-2)10-9(6)11-8(5-12)15-10/h3-5H,1-2H3. The van der Waals surface area contributed by atoms with Gasteiger partial charge in [-0.25, -0.2) is 4.98 Å². The number of methoxy groups -OCH3 is 2. The zero-order valence-corrected chi connectivity index (χ0v) is 9.13. The molecule has 0 aliphatic heterocycles. The molecular weight excluding hydrogens is 214 g/mol. The fourth-order valence-electron chi connectivity index (χ4n) is 1.35. The van der Waals surface area contributed by atoms with Crippen LogP contribution in [0.3, 0.4) is 0 Å². The predicted molar refractivity (Wildman–Crippen MR) is 58.1 cm³/mol. The molecule has 0 bridgehead atoms. The van der Waals surface area contributed by atoms with Crippen LogP contribution in [-0.2, 0) is 0 Å². The molecule has 0 amide bonds. The number of carbonyl (C=O) groups excluding carboxylic acids is 1. The van der Waals surface area contributed by atoms with Crippen LogP contribution in [0.25, 0.3) is 10.2 Å². The first kappa shape index (κ1) is 9.92. The van der Waals surface area contributed by atoms with E-state index in [0.717, 1.165) is 11.0 Å². The summed E-state index contributed by atoms with van der Waals surface area (Å²) < 4.78 is 11.2. The van der Waals surface area contributed by atoms with Gasteiger partial charge in [-0.2, -0.15) is 0 Å². The van der Waals surface area contributed by atoms with Crippen LogP contribution in [-0.4, -0.2) is 25.5 Å². The third kappa shape index (κ3) is 1.55. The highest BCUT2D eigenvalue weighted by Gasteiger charge is 2.12. The van der Waals surface area contributed by atoms with Crippen molar-refractivity contribution in [2.45, 2.75) is 0 Å². The number of ether oxygens (including phenoxy) is 2. The molecule has 0 N–H and O–H groups in total. The van der Waals surface area contributed by atoms with Crippen LogP contribution >= 0.6 is 11.3 Å². The molecule has 0 saturated carbocycles. The summed E-state index contributed by atoms with van der Waals surface area (Å²) in [7, 11) is 3.16. The van der Waals surface area contributed by atoms with E-state index in [4.69, 9.17) is 9.47 Å². The van der Waals surface area contributed by atoms with Crippen LogP contribution in [0, 0.1) is 0 Å². The molecule has 5 heteroatoms. The first-order chi connectivity index (χ1) is 7.30. The van der Waals surface area contributed by atoms with Gasteiger partial charge in [0.2, 0.25) is 0 Å². The van der Waals surface area contributed by atoms with E-state index in [1.54, 1.807) is 26.4 Å². The monoisotopic (exact) mass is 223 g/mol. The van der Waals surface area contributed by atoms with Gasteiger partial charge in [-0.3, -0.25) is 4.79 Å². The second-order valence-electron chi connectivity index (χ2n) is 2.82. The lowest BCUT2D eigenvalue weighted by Crippen LogP contribution is -1.87. The first-order valence-corrected chi connectivity index (χ1v) is 5.08. The largest absolute Gasteiger partial charge is 0.495 e. The van der Waals surface area contributed by atoms with Crippen molar-refractivity contribution < 1.29 is 14.3 Å². The molecule has 1 heterocycles. The fraction of sp³-hybridized carbons (Fsp3) is 0.200. The summed E-state index contributed by atoms with van der Waals surface area (Å²) in [6.07, 6.45) is 0.726. The van der Waals surface area contributed by atoms with Gasteiger partial charge in [0.1, 0.15) is 21.7 Å². The Bertz CT molecular complexity index is 466. The van der Waals surface area contributed by atoms with E-state index in [2.05, 4.69) is 4.98 Å². The van der Waals surface area contributed by atoms with Crippen molar-refractivity contribution in [2.24, 2.45) is 0 Å². The average Bonchev–Trinajstić information content (AvgIpc) is 2.71. The highest BCUT2D eigenvalue weighted by molar-refractivity contribution is 7.20. The van der Waals surface area contributed by atoms with Crippen LogP contribution in [0.15, 0.2) is 12.1 Å². The fourth-order valence-corrected chi connectivity index (χ4v) is 2.24. The summed E-state index contributed by atoms with van der Waals surface area (Å²) in [5.41, 5.74) is 0.670. The molecule has 0 aliphatic rings. The van der Waals surface area contributed by atoms with Crippen molar-refractivity contribution in [3.8, 4) is 11.5 Å². The number of thiazole rings is 1. The Hall–Kier alpha value is -1.62. The maximum absolute atomic E-state index is 10.6. The van der Waals surface area contributed by atoms with E-state index in [9.17, 15) is 4.79 Å². The number of hydrogen-bond donors (Lipinski definition) is 0. The molecular formula is C10H9NO3S. The maximum atomic E-state index is 10.6. The summed E-state index contributed by atoms with van der Waals surface area (Å²) >= 11 is 1.29. The Morgan fingerprint density at radius 1 is 1.27 bits per heavy atom. The molecule has 0 spiro atoms. The molecule has 0 aliphatic carbocycles.